The Kier molecular flexibility index (Phi) is 3.45. The average molecular weight is 198 g/mol. The van der Waals surface area contributed by atoms with E-state index in [1.807, 2.05) is 7.11 Å². The molecule has 2 nitrogen and oxygen atoms in total. The van der Waals surface area contributed by atoms with E-state index in [1.54, 1.807) is 0 Å². The van der Waals surface area contributed by atoms with Gasteiger partial charge in [-0.2, -0.15) is 0 Å². The van der Waals surface area contributed by atoms with E-state index in [1.165, 1.54) is 38.5 Å². The molecular weight excluding hydrogens is 176 g/mol. The normalized spacial score (nSPS) is 44.1. The maximum atomic E-state index is 9.86. The standard InChI is InChI=1S/C12H22O2/c1-14-10-5-2-4-9(8-10)11-6-3-7-12(11)13/h9-13H,2-8H2,1H3. The lowest BCUT2D eigenvalue weighted by Gasteiger charge is -2.33. The first-order valence-electron chi connectivity index (χ1n) is 6.02. The van der Waals surface area contributed by atoms with Crippen molar-refractivity contribution in [3.63, 3.8) is 0 Å². The summed E-state index contributed by atoms with van der Waals surface area (Å²) < 4.78 is 5.43. The zero-order chi connectivity index (χ0) is 9.97. The number of methoxy groups -OCH3 is 1. The summed E-state index contributed by atoms with van der Waals surface area (Å²) in [5, 5.41) is 9.86. The van der Waals surface area contributed by atoms with E-state index >= 15 is 0 Å². The second-order valence-electron chi connectivity index (χ2n) is 4.95. The Morgan fingerprint density at radius 1 is 1.07 bits per heavy atom. The van der Waals surface area contributed by atoms with Crippen molar-refractivity contribution in [1.82, 2.24) is 0 Å². The van der Waals surface area contributed by atoms with Crippen LogP contribution < -0.4 is 0 Å². The second-order valence-corrected chi connectivity index (χ2v) is 4.95. The number of rotatable bonds is 2. The van der Waals surface area contributed by atoms with Gasteiger partial charge >= 0.3 is 0 Å². The van der Waals surface area contributed by atoms with Crippen LogP contribution in [0.5, 0.6) is 0 Å². The van der Waals surface area contributed by atoms with Gasteiger partial charge in [-0.3, -0.25) is 0 Å². The molecule has 2 fully saturated rings. The molecule has 0 saturated heterocycles. The lowest BCUT2D eigenvalue weighted by molar-refractivity contribution is 0.0139. The largest absolute Gasteiger partial charge is 0.393 e. The predicted octanol–water partition coefficient (Wildman–Crippen LogP) is 2.35. The van der Waals surface area contributed by atoms with Crippen LogP contribution in [0, 0.1) is 11.8 Å². The zero-order valence-corrected chi connectivity index (χ0v) is 9.11. The van der Waals surface area contributed by atoms with E-state index < -0.39 is 0 Å². The third-order valence-corrected chi connectivity index (χ3v) is 4.14. The van der Waals surface area contributed by atoms with E-state index in [2.05, 4.69) is 0 Å². The molecule has 4 atom stereocenters. The summed E-state index contributed by atoms with van der Waals surface area (Å²) >= 11 is 0. The van der Waals surface area contributed by atoms with Gasteiger partial charge in [0.15, 0.2) is 0 Å². The van der Waals surface area contributed by atoms with Gasteiger partial charge in [0.25, 0.3) is 0 Å². The highest BCUT2D eigenvalue weighted by molar-refractivity contribution is 4.86. The summed E-state index contributed by atoms with van der Waals surface area (Å²) in [4.78, 5) is 0. The van der Waals surface area contributed by atoms with Crippen molar-refractivity contribution in [2.45, 2.75) is 57.2 Å². The van der Waals surface area contributed by atoms with Gasteiger partial charge in [0.05, 0.1) is 12.2 Å². The highest BCUT2D eigenvalue weighted by Gasteiger charge is 2.35. The monoisotopic (exact) mass is 198 g/mol. The fraction of sp³-hybridized carbons (Fsp3) is 1.00. The predicted molar refractivity (Wildman–Crippen MR) is 56.1 cm³/mol. The van der Waals surface area contributed by atoms with E-state index in [-0.39, 0.29) is 6.10 Å². The Labute approximate surface area is 86.6 Å². The van der Waals surface area contributed by atoms with Crippen molar-refractivity contribution in [1.29, 1.82) is 0 Å². The molecule has 4 unspecified atom stereocenters. The van der Waals surface area contributed by atoms with Crippen LogP contribution >= 0.6 is 0 Å². The molecule has 0 aromatic carbocycles. The molecule has 0 radical (unpaired) electrons. The molecule has 2 aliphatic carbocycles. The zero-order valence-electron chi connectivity index (χ0n) is 9.11. The van der Waals surface area contributed by atoms with Crippen LogP contribution in [0.25, 0.3) is 0 Å². The summed E-state index contributed by atoms with van der Waals surface area (Å²) in [7, 11) is 1.82. The van der Waals surface area contributed by atoms with Crippen LogP contribution in [0.2, 0.25) is 0 Å². The molecule has 2 rings (SSSR count). The smallest absolute Gasteiger partial charge is 0.0574 e. The van der Waals surface area contributed by atoms with Crippen molar-refractivity contribution < 1.29 is 9.84 Å². The van der Waals surface area contributed by atoms with E-state index in [0.717, 1.165) is 12.3 Å². The highest BCUT2D eigenvalue weighted by atomic mass is 16.5. The quantitative estimate of drug-likeness (QED) is 0.738. The summed E-state index contributed by atoms with van der Waals surface area (Å²) in [5.74, 6) is 1.30. The summed E-state index contributed by atoms with van der Waals surface area (Å²) in [6.45, 7) is 0. The van der Waals surface area contributed by atoms with Crippen molar-refractivity contribution >= 4 is 0 Å². The molecule has 0 aliphatic heterocycles. The molecule has 2 heteroatoms. The number of hydrogen-bond donors (Lipinski definition) is 1. The molecule has 82 valence electrons. The van der Waals surface area contributed by atoms with Crippen molar-refractivity contribution in [3.05, 3.63) is 0 Å². The fourth-order valence-electron chi connectivity index (χ4n) is 3.30. The minimum absolute atomic E-state index is 0.0180. The van der Waals surface area contributed by atoms with Gasteiger partial charge in [0, 0.05) is 7.11 Å². The third kappa shape index (κ3) is 2.12. The van der Waals surface area contributed by atoms with Gasteiger partial charge in [0.1, 0.15) is 0 Å². The molecular formula is C12H22O2. The van der Waals surface area contributed by atoms with E-state index in [0.29, 0.717) is 12.0 Å². The Bertz CT molecular complexity index is 181. The topological polar surface area (TPSA) is 29.5 Å². The first kappa shape index (κ1) is 10.4. The lowest BCUT2D eigenvalue weighted by atomic mass is 9.77. The van der Waals surface area contributed by atoms with Crippen molar-refractivity contribution in [2.75, 3.05) is 7.11 Å². The lowest BCUT2D eigenvalue weighted by Crippen LogP contribution is -2.30. The first-order valence-corrected chi connectivity index (χ1v) is 6.02. The maximum Gasteiger partial charge on any atom is 0.0574 e. The van der Waals surface area contributed by atoms with E-state index in [9.17, 15) is 5.11 Å². The summed E-state index contributed by atoms with van der Waals surface area (Å²) in [6, 6.07) is 0. The van der Waals surface area contributed by atoms with Gasteiger partial charge in [-0.25, -0.2) is 0 Å². The Morgan fingerprint density at radius 3 is 2.50 bits per heavy atom. The average Bonchev–Trinajstić information content (AvgIpc) is 2.65. The fourth-order valence-corrected chi connectivity index (χ4v) is 3.30. The molecule has 0 bridgehead atoms. The second kappa shape index (κ2) is 4.63. The van der Waals surface area contributed by atoms with Gasteiger partial charge in [-0.1, -0.05) is 12.8 Å². The number of hydrogen-bond acceptors (Lipinski definition) is 2. The van der Waals surface area contributed by atoms with Gasteiger partial charge < -0.3 is 9.84 Å². The van der Waals surface area contributed by atoms with Gasteiger partial charge in [-0.05, 0) is 43.9 Å². The van der Waals surface area contributed by atoms with Crippen molar-refractivity contribution in [3.8, 4) is 0 Å². The number of aliphatic hydroxyl groups is 1. The van der Waals surface area contributed by atoms with Crippen LogP contribution in [0.4, 0.5) is 0 Å². The third-order valence-electron chi connectivity index (χ3n) is 4.14. The SMILES string of the molecule is COC1CCCC(C2CCCC2O)C1. The molecule has 2 saturated carbocycles. The van der Waals surface area contributed by atoms with Crippen LogP contribution in [0.1, 0.15) is 44.9 Å². The van der Waals surface area contributed by atoms with Crippen LogP contribution in [0.3, 0.4) is 0 Å². The van der Waals surface area contributed by atoms with Gasteiger partial charge in [-0.15, -0.1) is 0 Å². The number of ether oxygens (including phenoxy) is 1. The Hall–Kier alpha value is -0.0800. The molecule has 0 heterocycles. The number of aliphatic hydroxyl groups excluding tert-OH is 1. The maximum absolute atomic E-state index is 9.86. The minimum atomic E-state index is -0.0180. The summed E-state index contributed by atoms with van der Waals surface area (Å²) in [6.07, 6.45) is 8.92. The van der Waals surface area contributed by atoms with Gasteiger partial charge in [0.2, 0.25) is 0 Å². The molecule has 1 N–H and O–H groups in total. The van der Waals surface area contributed by atoms with Crippen molar-refractivity contribution in [2.24, 2.45) is 11.8 Å². The molecule has 14 heavy (non-hydrogen) atoms. The first-order chi connectivity index (χ1) is 6.81. The highest BCUT2D eigenvalue weighted by Crippen LogP contribution is 2.39. The Morgan fingerprint density at radius 2 is 1.86 bits per heavy atom. The van der Waals surface area contributed by atoms with Crippen LogP contribution in [0.15, 0.2) is 0 Å². The molecule has 0 aromatic heterocycles. The van der Waals surface area contributed by atoms with Crippen LogP contribution in [-0.4, -0.2) is 24.4 Å². The molecule has 0 spiro atoms. The molecule has 0 aromatic rings. The Balaban J connectivity index is 1.90. The molecule has 0 amide bonds. The minimum Gasteiger partial charge on any atom is -0.393 e. The van der Waals surface area contributed by atoms with Crippen LogP contribution in [-0.2, 0) is 4.74 Å². The summed E-state index contributed by atoms with van der Waals surface area (Å²) in [5.41, 5.74) is 0. The molecule has 2 aliphatic rings. The van der Waals surface area contributed by atoms with E-state index in [4.69, 9.17) is 4.74 Å².